The summed E-state index contributed by atoms with van der Waals surface area (Å²) in [7, 11) is 0. The molecule has 0 saturated carbocycles. The lowest BCUT2D eigenvalue weighted by Crippen LogP contribution is -1.94. The van der Waals surface area contributed by atoms with Crippen molar-refractivity contribution in [3.8, 4) is 17.6 Å². The molecule has 0 spiro atoms. The Labute approximate surface area is 101 Å². The van der Waals surface area contributed by atoms with E-state index in [0.717, 1.165) is 17.1 Å². The largest absolute Gasteiger partial charge is 0.457 e. The molecule has 0 N–H and O–H groups in total. The highest BCUT2D eigenvalue weighted by atomic mass is 16.5. The van der Waals surface area contributed by atoms with Gasteiger partial charge in [-0.15, -0.1) is 0 Å². The molecule has 0 aliphatic heterocycles. The molecule has 0 aliphatic rings. The molecule has 0 bridgehead atoms. The van der Waals surface area contributed by atoms with Gasteiger partial charge in [0.2, 0.25) is 0 Å². The van der Waals surface area contributed by atoms with Crippen LogP contribution in [0.15, 0.2) is 54.6 Å². The summed E-state index contributed by atoms with van der Waals surface area (Å²) in [6, 6.07) is 19.4. The van der Waals surface area contributed by atoms with E-state index in [1.54, 1.807) is 0 Å². The fourth-order valence-electron chi connectivity index (χ4n) is 1.62. The Kier molecular flexibility index (Phi) is 3.42. The zero-order valence-electron chi connectivity index (χ0n) is 9.63. The Morgan fingerprint density at radius 2 is 1.65 bits per heavy atom. The third-order valence-electron chi connectivity index (χ3n) is 2.55. The molecule has 1 unspecified atom stereocenters. The number of hydrogen-bond acceptors (Lipinski definition) is 2. The van der Waals surface area contributed by atoms with Crippen LogP contribution in [0.4, 0.5) is 0 Å². The van der Waals surface area contributed by atoms with Crippen LogP contribution in [0.5, 0.6) is 11.5 Å². The van der Waals surface area contributed by atoms with Gasteiger partial charge in [0.1, 0.15) is 11.5 Å². The standard InChI is InChI=1S/C15H13NO/c1-12(11-16)14-9-5-6-10-15(14)17-13-7-3-2-4-8-13/h2-10,12H,1H3. The highest BCUT2D eigenvalue weighted by Gasteiger charge is 2.10. The molecule has 2 nitrogen and oxygen atoms in total. The fraction of sp³-hybridized carbons (Fsp3) is 0.133. The lowest BCUT2D eigenvalue weighted by Gasteiger charge is -2.11. The Morgan fingerprint density at radius 1 is 1.00 bits per heavy atom. The van der Waals surface area contributed by atoms with E-state index in [9.17, 15) is 0 Å². The summed E-state index contributed by atoms with van der Waals surface area (Å²) in [6.07, 6.45) is 0. The van der Waals surface area contributed by atoms with Gasteiger partial charge in [0.15, 0.2) is 0 Å². The molecule has 0 radical (unpaired) electrons. The van der Waals surface area contributed by atoms with Gasteiger partial charge < -0.3 is 4.74 Å². The lowest BCUT2D eigenvalue weighted by molar-refractivity contribution is 0.475. The minimum absolute atomic E-state index is 0.171. The van der Waals surface area contributed by atoms with Crippen molar-refractivity contribution in [3.05, 3.63) is 60.2 Å². The number of hydrogen-bond donors (Lipinski definition) is 0. The molecule has 0 aromatic heterocycles. The zero-order chi connectivity index (χ0) is 12.1. The summed E-state index contributed by atoms with van der Waals surface area (Å²) < 4.78 is 5.78. The summed E-state index contributed by atoms with van der Waals surface area (Å²) in [6.45, 7) is 1.87. The molecule has 0 aliphatic carbocycles. The van der Waals surface area contributed by atoms with Gasteiger partial charge in [-0.3, -0.25) is 0 Å². The molecule has 84 valence electrons. The molecule has 2 rings (SSSR count). The van der Waals surface area contributed by atoms with Gasteiger partial charge in [0.05, 0.1) is 12.0 Å². The van der Waals surface area contributed by atoms with Crippen LogP contribution in [0.1, 0.15) is 18.4 Å². The van der Waals surface area contributed by atoms with E-state index in [1.165, 1.54) is 0 Å². The number of nitrogens with zero attached hydrogens (tertiary/aromatic N) is 1. The summed E-state index contributed by atoms with van der Waals surface area (Å²) in [5.74, 6) is 1.35. The van der Waals surface area contributed by atoms with E-state index in [1.807, 2.05) is 61.5 Å². The molecule has 2 aromatic rings. The molecular weight excluding hydrogens is 210 g/mol. The average Bonchev–Trinajstić information content (AvgIpc) is 2.40. The Morgan fingerprint density at radius 3 is 2.35 bits per heavy atom. The van der Waals surface area contributed by atoms with Crippen molar-refractivity contribution in [3.63, 3.8) is 0 Å². The van der Waals surface area contributed by atoms with E-state index in [4.69, 9.17) is 10.00 Å². The molecule has 0 heterocycles. The van der Waals surface area contributed by atoms with Gasteiger partial charge in [-0.05, 0) is 25.1 Å². The number of rotatable bonds is 3. The van der Waals surface area contributed by atoms with Crippen LogP contribution < -0.4 is 4.74 Å². The SMILES string of the molecule is CC(C#N)c1ccccc1Oc1ccccc1. The normalized spacial score (nSPS) is 11.5. The summed E-state index contributed by atoms with van der Waals surface area (Å²) >= 11 is 0. The highest BCUT2D eigenvalue weighted by molar-refractivity contribution is 5.41. The molecule has 2 aromatic carbocycles. The van der Waals surface area contributed by atoms with Crippen molar-refractivity contribution in [2.45, 2.75) is 12.8 Å². The van der Waals surface area contributed by atoms with Gasteiger partial charge in [-0.25, -0.2) is 0 Å². The molecule has 0 saturated heterocycles. The van der Waals surface area contributed by atoms with Crippen molar-refractivity contribution in [2.75, 3.05) is 0 Å². The highest BCUT2D eigenvalue weighted by Crippen LogP contribution is 2.29. The first-order valence-electron chi connectivity index (χ1n) is 5.52. The third kappa shape index (κ3) is 2.64. The Bertz CT molecular complexity index is 528. The van der Waals surface area contributed by atoms with Crippen molar-refractivity contribution >= 4 is 0 Å². The maximum absolute atomic E-state index is 8.97. The summed E-state index contributed by atoms with van der Waals surface area (Å²) in [5.41, 5.74) is 0.916. The minimum Gasteiger partial charge on any atom is -0.457 e. The first kappa shape index (κ1) is 11.2. The number of nitriles is 1. The minimum atomic E-state index is -0.171. The van der Waals surface area contributed by atoms with Gasteiger partial charge >= 0.3 is 0 Å². The van der Waals surface area contributed by atoms with Crippen LogP contribution in [0, 0.1) is 11.3 Å². The molecular formula is C15H13NO. The number of benzene rings is 2. The van der Waals surface area contributed by atoms with E-state index in [0.29, 0.717) is 0 Å². The van der Waals surface area contributed by atoms with Crippen molar-refractivity contribution < 1.29 is 4.74 Å². The first-order valence-corrected chi connectivity index (χ1v) is 5.52. The van der Waals surface area contributed by atoms with Crippen molar-refractivity contribution in [1.29, 1.82) is 5.26 Å². The molecule has 1 atom stereocenters. The molecule has 2 heteroatoms. The summed E-state index contributed by atoms with van der Waals surface area (Å²) in [4.78, 5) is 0. The Hall–Kier alpha value is -2.27. The van der Waals surface area contributed by atoms with E-state index in [-0.39, 0.29) is 5.92 Å². The predicted octanol–water partition coefficient (Wildman–Crippen LogP) is 4.11. The van der Waals surface area contributed by atoms with Crippen molar-refractivity contribution in [2.24, 2.45) is 0 Å². The third-order valence-corrected chi connectivity index (χ3v) is 2.55. The van der Waals surface area contributed by atoms with Crippen LogP contribution in [0.3, 0.4) is 0 Å². The smallest absolute Gasteiger partial charge is 0.131 e. The van der Waals surface area contributed by atoms with Gasteiger partial charge in [-0.1, -0.05) is 36.4 Å². The van der Waals surface area contributed by atoms with Gasteiger partial charge in [0.25, 0.3) is 0 Å². The topological polar surface area (TPSA) is 33.0 Å². The van der Waals surface area contributed by atoms with Crippen LogP contribution in [-0.4, -0.2) is 0 Å². The zero-order valence-corrected chi connectivity index (χ0v) is 9.63. The van der Waals surface area contributed by atoms with Crippen LogP contribution in [0.2, 0.25) is 0 Å². The second-order valence-electron chi connectivity index (χ2n) is 3.80. The second kappa shape index (κ2) is 5.18. The summed E-state index contributed by atoms with van der Waals surface area (Å²) in [5, 5.41) is 8.97. The maximum Gasteiger partial charge on any atom is 0.131 e. The number of ether oxygens (including phenoxy) is 1. The van der Waals surface area contributed by atoms with Crippen LogP contribution >= 0.6 is 0 Å². The second-order valence-corrected chi connectivity index (χ2v) is 3.80. The van der Waals surface area contributed by atoms with Crippen molar-refractivity contribution in [1.82, 2.24) is 0 Å². The Balaban J connectivity index is 2.31. The van der Waals surface area contributed by atoms with Gasteiger partial charge in [-0.2, -0.15) is 5.26 Å². The molecule has 0 fully saturated rings. The molecule has 0 amide bonds. The van der Waals surface area contributed by atoms with Crippen LogP contribution in [-0.2, 0) is 0 Å². The van der Waals surface area contributed by atoms with Crippen LogP contribution in [0.25, 0.3) is 0 Å². The lowest BCUT2D eigenvalue weighted by atomic mass is 10.0. The average molecular weight is 223 g/mol. The quantitative estimate of drug-likeness (QED) is 0.784. The van der Waals surface area contributed by atoms with E-state index in [2.05, 4.69) is 6.07 Å². The monoisotopic (exact) mass is 223 g/mol. The maximum atomic E-state index is 8.97. The first-order chi connectivity index (χ1) is 8.31. The number of para-hydroxylation sites is 2. The fourth-order valence-corrected chi connectivity index (χ4v) is 1.62. The van der Waals surface area contributed by atoms with E-state index >= 15 is 0 Å². The molecule has 17 heavy (non-hydrogen) atoms. The van der Waals surface area contributed by atoms with Gasteiger partial charge in [0, 0.05) is 5.56 Å². The predicted molar refractivity (Wildman–Crippen MR) is 67.0 cm³/mol. The van der Waals surface area contributed by atoms with E-state index < -0.39 is 0 Å².